The SMILES string of the molecule is CC[C@@]1(O)C(=O)OCc2c1cc1n(c2=O)Cc2c-1nc1cc(F)c(C)cc1c2CN(CCOCNC(=O)CNC(=O)[C@H](Cc1ccccc1)NC(=O)CNC(=O)CNC(=O)CCCCCN1C(=O)C=CC1=O)C(=O)O. The minimum Gasteiger partial charge on any atom is -0.465 e. The Hall–Kier alpha value is -8.38. The summed E-state index contributed by atoms with van der Waals surface area (Å²) < 4.78 is 27.1. The highest BCUT2D eigenvalue weighted by atomic mass is 19.1. The zero-order valence-electron chi connectivity index (χ0n) is 41.1. The van der Waals surface area contributed by atoms with Gasteiger partial charge in [0.05, 0.1) is 61.8 Å². The molecule has 23 nitrogen and oxygen atoms in total. The lowest BCUT2D eigenvalue weighted by atomic mass is 9.86. The summed E-state index contributed by atoms with van der Waals surface area (Å²) in [5.41, 5.74) is 0.0896. The second-order valence-electron chi connectivity index (χ2n) is 18.0. The number of amides is 8. The van der Waals surface area contributed by atoms with Gasteiger partial charge in [-0.05, 0) is 55.0 Å². The van der Waals surface area contributed by atoms with Crippen molar-refractivity contribution in [2.45, 2.75) is 83.7 Å². The Morgan fingerprint density at radius 3 is 2.29 bits per heavy atom. The van der Waals surface area contributed by atoms with E-state index < -0.39 is 84.3 Å². The van der Waals surface area contributed by atoms with E-state index in [2.05, 4.69) is 26.6 Å². The molecule has 396 valence electrons. The average Bonchev–Trinajstić information content (AvgIpc) is 3.96. The van der Waals surface area contributed by atoms with Gasteiger partial charge in [0.15, 0.2) is 5.60 Å². The highest BCUT2D eigenvalue weighted by Gasteiger charge is 2.45. The third-order valence-corrected chi connectivity index (χ3v) is 13.0. The fourth-order valence-electron chi connectivity index (χ4n) is 8.83. The number of rotatable bonds is 24. The summed E-state index contributed by atoms with van der Waals surface area (Å²) in [4.78, 5) is 133. The smallest absolute Gasteiger partial charge is 0.407 e. The maximum atomic E-state index is 15.0. The Morgan fingerprint density at radius 1 is 0.880 bits per heavy atom. The third kappa shape index (κ3) is 12.9. The summed E-state index contributed by atoms with van der Waals surface area (Å²) in [5.74, 6) is -5.43. The Bertz CT molecular complexity index is 3020. The van der Waals surface area contributed by atoms with Gasteiger partial charge in [0.25, 0.3) is 17.4 Å². The summed E-state index contributed by atoms with van der Waals surface area (Å²) in [7, 11) is 0. The lowest BCUT2D eigenvalue weighted by Gasteiger charge is -2.31. The lowest BCUT2D eigenvalue weighted by molar-refractivity contribution is -0.172. The molecule has 5 heterocycles. The van der Waals surface area contributed by atoms with Crippen LogP contribution in [-0.4, -0.2) is 135 Å². The number of hydrogen-bond donors (Lipinski definition) is 7. The number of carbonyl (C=O) groups excluding carboxylic acids is 8. The van der Waals surface area contributed by atoms with Gasteiger partial charge in [-0.25, -0.2) is 19.0 Å². The number of esters is 1. The third-order valence-electron chi connectivity index (χ3n) is 13.0. The molecule has 2 aromatic heterocycles. The number of nitrogens with one attached hydrogen (secondary N) is 5. The second kappa shape index (κ2) is 24.1. The number of pyridine rings is 2. The second-order valence-corrected chi connectivity index (χ2v) is 18.0. The minimum atomic E-state index is -2.09. The number of halogens is 1. The van der Waals surface area contributed by atoms with Gasteiger partial charge in [0, 0.05) is 60.7 Å². The molecule has 4 aromatic rings. The van der Waals surface area contributed by atoms with Gasteiger partial charge in [-0.3, -0.25) is 43.3 Å². The summed E-state index contributed by atoms with van der Waals surface area (Å²) in [6.45, 7) is 0.408. The van der Waals surface area contributed by atoms with Crippen LogP contribution in [0.2, 0.25) is 0 Å². The van der Waals surface area contributed by atoms with Crippen LogP contribution in [0.15, 0.2) is 65.5 Å². The van der Waals surface area contributed by atoms with Gasteiger partial charge in [0.1, 0.15) is 25.2 Å². The molecule has 0 saturated heterocycles. The van der Waals surface area contributed by atoms with Crippen molar-refractivity contribution >= 4 is 64.3 Å². The van der Waals surface area contributed by atoms with Crippen LogP contribution in [0.3, 0.4) is 0 Å². The summed E-state index contributed by atoms with van der Waals surface area (Å²) >= 11 is 0. The Balaban J connectivity index is 0.880. The van der Waals surface area contributed by atoms with E-state index in [0.717, 1.165) is 9.80 Å². The van der Waals surface area contributed by atoms with E-state index in [1.807, 2.05) is 0 Å². The number of aryl methyl sites for hydroxylation is 1. The van der Waals surface area contributed by atoms with Crippen molar-refractivity contribution in [3.05, 3.63) is 110 Å². The number of imide groups is 1. The average molecular weight is 1040 g/mol. The minimum absolute atomic E-state index is 0.0254. The van der Waals surface area contributed by atoms with Crippen LogP contribution in [0.4, 0.5) is 9.18 Å². The number of benzene rings is 2. The first-order valence-corrected chi connectivity index (χ1v) is 24.2. The molecule has 0 aliphatic carbocycles. The van der Waals surface area contributed by atoms with Crippen molar-refractivity contribution in [3.8, 4) is 11.4 Å². The van der Waals surface area contributed by atoms with Crippen LogP contribution in [0.1, 0.15) is 72.4 Å². The summed E-state index contributed by atoms with van der Waals surface area (Å²) in [6.07, 6.45) is 2.64. The predicted molar refractivity (Wildman–Crippen MR) is 262 cm³/mol. The number of hydrogen-bond acceptors (Lipinski definition) is 14. The molecule has 0 radical (unpaired) electrons. The first-order chi connectivity index (χ1) is 35.9. The molecule has 75 heavy (non-hydrogen) atoms. The normalized spacial score (nSPS) is 15.6. The molecule has 3 aliphatic heterocycles. The van der Waals surface area contributed by atoms with Gasteiger partial charge in [-0.1, -0.05) is 43.7 Å². The molecule has 2 aromatic carbocycles. The zero-order chi connectivity index (χ0) is 54.0. The van der Waals surface area contributed by atoms with Crippen molar-refractivity contribution in [1.82, 2.24) is 45.9 Å². The number of ether oxygens (including phenoxy) is 2. The Morgan fingerprint density at radius 2 is 1.57 bits per heavy atom. The standard InChI is InChI=1S/C51H56FN9O14/c1-3-51(73)35-20-39-46-33(26-61(39)48(69)34(35)27-75-49(51)70)32(31-18-29(2)36(52)21-37(31)58-46)25-59(50(71)72)16-17-74-28-56-42(64)23-55-47(68)38(19-30-10-6-4-7-11-30)57-43(65)24-54-41(63)22-53-40(62)12-8-5-9-15-60-44(66)13-14-45(60)67/h4,6-7,10-11,13-14,18,20-21,38,73H,3,5,8-9,12,15-17,19,22-28H2,1-2H3,(H,53,62)(H,54,63)(H,55,68)(H,56,64)(H,57,65)(H,71,72)/t38-,51-/m0/s1. The van der Waals surface area contributed by atoms with Crippen molar-refractivity contribution in [3.63, 3.8) is 0 Å². The largest absolute Gasteiger partial charge is 0.465 e. The van der Waals surface area contributed by atoms with E-state index in [4.69, 9.17) is 14.5 Å². The summed E-state index contributed by atoms with van der Waals surface area (Å²) in [5, 5.41) is 34.4. The molecular weight excluding hydrogens is 982 g/mol. The number of nitrogens with zero attached hydrogens (tertiary/aromatic N) is 4. The Labute approximate surface area is 427 Å². The van der Waals surface area contributed by atoms with E-state index >= 15 is 4.39 Å². The van der Waals surface area contributed by atoms with Crippen molar-refractivity contribution in [2.75, 3.05) is 46.1 Å². The maximum Gasteiger partial charge on any atom is 0.407 e. The number of aromatic nitrogens is 2. The van der Waals surface area contributed by atoms with Gasteiger partial charge < -0.3 is 55.7 Å². The molecule has 7 rings (SSSR count). The number of unbranched alkanes of at least 4 members (excludes halogenated alkanes) is 2. The van der Waals surface area contributed by atoms with E-state index in [-0.39, 0.29) is 111 Å². The first-order valence-electron chi connectivity index (χ1n) is 24.2. The lowest BCUT2D eigenvalue weighted by Crippen LogP contribution is -2.52. The van der Waals surface area contributed by atoms with Crippen LogP contribution in [0.5, 0.6) is 0 Å². The first kappa shape index (κ1) is 54.4. The molecule has 8 amide bonds. The van der Waals surface area contributed by atoms with Gasteiger partial charge in [-0.15, -0.1) is 0 Å². The van der Waals surface area contributed by atoms with Crippen LogP contribution in [0.25, 0.3) is 22.3 Å². The highest BCUT2D eigenvalue weighted by Crippen LogP contribution is 2.41. The fraction of sp³-hybridized carbons (Fsp3) is 0.392. The molecule has 2 atom stereocenters. The predicted octanol–water partition coefficient (Wildman–Crippen LogP) is 0.659. The van der Waals surface area contributed by atoms with E-state index in [1.54, 1.807) is 50.2 Å². The fourth-order valence-corrected chi connectivity index (χ4v) is 8.83. The maximum absolute atomic E-state index is 15.0. The molecule has 3 aliphatic rings. The number of carboxylic acid groups (broad SMARTS) is 1. The molecule has 0 spiro atoms. The number of carbonyl (C=O) groups is 9. The van der Waals surface area contributed by atoms with Gasteiger partial charge in [-0.2, -0.15) is 0 Å². The number of fused-ring (bicyclic) bond motifs is 5. The summed E-state index contributed by atoms with van der Waals surface area (Å²) in [6, 6.07) is 11.8. The number of cyclic esters (lactones) is 1. The topological polar surface area (TPSA) is 314 Å². The molecule has 24 heteroatoms. The van der Waals surface area contributed by atoms with Crippen LogP contribution < -0.4 is 32.1 Å². The molecule has 0 unspecified atom stereocenters. The zero-order valence-corrected chi connectivity index (χ0v) is 41.1. The van der Waals surface area contributed by atoms with Crippen LogP contribution in [0, 0.1) is 12.7 Å². The number of aliphatic hydroxyl groups is 1. The van der Waals surface area contributed by atoms with Gasteiger partial charge in [0.2, 0.25) is 29.5 Å². The molecule has 7 N–H and O–H groups in total. The highest BCUT2D eigenvalue weighted by molar-refractivity contribution is 6.12. The van der Waals surface area contributed by atoms with Crippen LogP contribution >= 0.6 is 0 Å². The van der Waals surface area contributed by atoms with Crippen molar-refractivity contribution in [2.24, 2.45) is 0 Å². The van der Waals surface area contributed by atoms with Crippen LogP contribution in [-0.2, 0) is 79.5 Å². The van der Waals surface area contributed by atoms with E-state index in [9.17, 15) is 58.2 Å². The molecule has 0 fully saturated rings. The molecule has 0 saturated carbocycles. The molecule has 0 bridgehead atoms. The monoisotopic (exact) mass is 1040 g/mol. The molecular formula is C51H56FN9O14. The Kier molecular flexibility index (Phi) is 17.5. The van der Waals surface area contributed by atoms with Gasteiger partial charge >= 0.3 is 12.1 Å². The van der Waals surface area contributed by atoms with E-state index in [0.29, 0.717) is 41.3 Å². The van der Waals surface area contributed by atoms with Crippen molar-refractivity contribution in [1.29, 1.82) is 0 Å². The van der Waals surface area contributed by atoms with E-state index in [1.165, 1.54) is 28.9 Å². The van der Waals surface area contributed by atoms with Crippen molar-refractivity contribution < 1.29 is 67.2 Å². The quantitative estimate of drug-likeness (QED) is 0.0193.